The lowest BCUT2D eigenvalue weighted by atomic mass is 10.1. The number of carbonyl (C=O) groups excluding carboxylic acids is 2. The van der Waals surface area contributed by atoms with Gasteiger partial charge < -0.3 is 14.8 Å². The topological polar surface area (TPSA) is 64.6 Å². The highest BCUT2D eigenvalue weighted by Gasteiger charge is 2.10. The molecule has 2 aromatic rings. The zero-order valence-corrected chi connectivity index (χ0v) is 13.9. The van der Waals surface area contributed by atoms with Crippen LogP contribution in [0.3, 0.4) is 0 Å². The average molecular weight is 327 g/mol. The van der Waals surface area contributed by atoms with Gasteiger partial charge in [-0.05, 0) is 37.1 Å². The standard InChI is InChI=1S/C19H21NO4/c1-14(21)16-8-9-17(18(12-16)23-2)24-13-19(22)20-11-10-15-6-4-3-5-7-15/h3-9,12H,10-11,13H2,1-2H3,(H,20,22). The highest BCUT2D eigenvalue weighted by atomic mass is 16.5. The van der Waals surface area contributed by atoms with E-state index in [1.165, 1.54) is 19.6 Å². The SMILES string of the molecule is COc1cc(C(C)=O)ccc1OCC(=O)NCCc1ccccc1. The van der Waals surface area contributed by atoms with Gasteiger partial charge in [0, 0.05) is 12.1 Å². The molecule has 2 rings (SSSR count). The van der Waals surface area contributed by atoms with Crippen LogP contribution in [-0.4, -0.2) is 32.0 Å². The third kappa shape index (κ3) is 5.12. The van der Waals surface area contributed by atoms with E-state index in [0.717, 1.165) is 6.42 Å². The number of ketones is 1. The van der Waals surface area contributed by atoms with Gasteiger partial charge in [-0.1, -0.05) is 30.3 Å². The smallest absolute Gasteiger partial charge is 0.257 e. The summed E-state index contributed by atoms with van der Waals surface area (Å²) in [5, 5.41) is 2.81. The van der Waals surface area contributed by atoms with Crippen LogP contribution in [0.25, 0.3) is 0 Å². The molecule has 0 aliphatic carbocycles. The molecule has 0 saturated heterocycles. The first-order valence-electron chi connectivity index (χ1n) is 7.72. The summed E-state index contributed by atoms with van der Waals surface area (Å²) in [4.78, 5) is 23.2. The molecule has 2 aromatic carbocycles. The Bertz CT molecular complexity index is 698. The van der Waals surface area contributed by atoms with Gasteiger partial charge in [0.2, 0.25) is 0 Å². The van der Waals surface area contributed by atoms with Crippen LogP contribution < -0.4 is 14.8 Å². The van der Waals surface area contributed by atoms with Gasteiger partial charge in [0.25, 0.3) is 5.91 Å². The Kier molecular flexibility index (Phi) is 6.37. The normalized spacial score (nSPS) is 10.1. The minimum absolute atomic E-state index is 0.0569. The van der Waals surface area contributed by atoms with Crippen LogP contribution in [-0.2, 0) is 11.2 Å². The molecule has 1 amide bonds. The van der Waals surface area contributed by atoms with Crippen LogP contribution in [0.1, 0.15) is 22.8 Å². The fourth-order valence-electron chi connectivity index (χ4n) is 2.19. The highest BCUT2D eigenvalue weighted by molar-refractivity contribution is 5.94. The van der Waals surface area contributed by atoms with Gasteiger partial charge in [0.05, 0.1) is 7.11 Å². The van der Waals surface area contributed by atoms with Gasteiger partial charge in [-0.15, -0.1) is 0 Å². The number of hydrogen-bond acceptors (Lipinski definition) is 4. The molecule has 1 N–H and O–H groups in total. The number of ether oxygens (including phenoxy) is 2. The second-order valence-corrected chi connectivity index (χ2v) is 5.30. The Hall–Kier alpha value is -2.82. The van der Waals surface area contributed by atoms with Crippen molar-refractivity contribution in [2.75, 3.05) is 20.3 Å². The van der Waals surface area contributed by atoms with E-state index >= 15 is 0 Å². The number of nitrogens with one attached hydrogen (secondary N) is 1. The molecule has 5 heteroatoms. The number of benzene rings is 2. The van der Waals surface area contributed by atoms with Gasteiger partial charge in [0.1, 0.15) is 0 Å². The van der Waals surface area contributed by atoms with E-state index in [2.05, 4.69) is 5.32 Å². The summed E-state index contributed by atoms with van der Waals surface area (Å²) >= 11 is 0. The van der Waals surface area contributed by atoms with Crippen molar-refractivity contribution >= 4 is 11.7 Å². The first kappa shape index (κ1) is 17.5. The highest BCUT2D eigenvalue weighted by Crippen LogP contribution is 2.28. The average Bonchev–Trinajstić information content (AvgIpc) is 2.60. The van der Waals surface area contributed by atoms with E-state index in [1.54, 1.807) is 18.2 Å². The summed E-state index contributed by atoms with van der Waals surface area (Å²) in [6, 6.07) is 14.8. The van der Waals surface area contributed by atoms with Crippen molar-refractivity contribution in [1.29, 1.82) is 0 Å². The first-order chi connectivity index (χ1) is 11.6. The van der Waals surface area contributed by atoms with E-state index in [-0.39, 0.29) is 18.3 Å². The largest absolute Gasteiger partial charge is 0.493 e. The number of methoxy groups -OCH3 is 1. The molecule has 0 radical (unpaired) electrons. The van der Waals surface area contributed by atoms with Crippen LogP contribution in [0.4, 0.5) is 0 Å². The molecule has 126 valence electrons. The predicted octanol–water partition coefficient (Wildman–Crippen LogP) is 2.64. The predicted molar refractivity (Wildman–Crippen MR) is 91.6 cm³/mol. The molecule has 24 heavy (non-hydrogen) atoms. The van der Waals surface area contributed by atoms with Crippen molar-refractivity contribution in [2.24, 2.45) is 0 Å². The van der Waals surface area contributed by atoms with Gasteiger partial charge in [-0.2, -0.15) is 0 Å². The molecule has 0 aromatic heterocycles. The van der Waals surface area contributed by atoms with Crippen LogP contribution in [0.15, 0.2) is 48.5 Å². The van der Waals surface area contributed by atoms with Crippen LogP contribution >= 0.6 is 0 Å². The van der Waals surface area contributed by atoms with Crippen LogP contribution in [0, 0.1) is 0 Å². The molecule has 0 saturated carbocycles. The van der Waals surface area contributed by atoms with E-state index in [1.807, 2.05) is 30.3 Å². The van der Waals surface area contributed by atoms with Crippen molar-refractivity contribution in [3.63, 3.8) is 0 Å². The molecule has 0 spiro atoms. The lowest BCUT2D eigenvalue weighted by Gasteiger charge is -2.11. The molecule has 5 nitrogen and oxygen atoms in total. The molecule has 0 bridgehead atoms. The zero-order valence-electron chi connectivity index (χ0n) is 13.9. The fourth-order valence-corrected chi connectivity index (χ4v) is 2.19. The van der Waals surface area contributed by atoms with Crippen molar-refractivity contribution in [1.82, 2.24) is 5.32 Å². The molecule has 0 heterocycles. The van der Waals surface area contributed by atoms with Gasteiger partial charge in [-0.25, -0.2) is 0 Å². The number of Topliss-reactive ketones (excluding diaryl/α,β-unsaturated/α-hetero) is 1. The third-order valence-corrected chi connectivity index (χ3v) is 3.51. The zero-order chi connectivity index (χ0) is 17.4. The Labute approximate surface area is 141 Å². The van der Waals surface area contributed by atoms with Gasteiger partial charge in [0.15, 0.2) is 23.9 Å². The minimum atomic E-state index is -0.205. The summed E-state index contributed by atoms with van der Waals surface area (Å²) in [6.07, 6.45) is 0.767. The molecule has 0 aliphatic heterocycles. The van der Waals surface area contributed by atoms with Crippen LogP contribution in [0.2, 0.25) is 0 Å². The monoisotopic (exact) mass is 327 g/mol. The maximum Gasteiger partial charge on any atom is 0.257 e. The van der Waals surface area contributed by atoms with E-state index < -0.39 is 0 Å². The van der Waals surface area contributed by atoms with Crippen LogP contribution in [0.5, 0.6) is 11.5 Å². The Morgan fingerprint density at radius 3 is 2.46 bits per heavy atom. The molecule has 0 atom stereocenters. The number of amides is 1. The van der Waals surface area contributed by atoms with E-state index in [4.69, 9.17) is 9.47 Å². The van der Waals surface area contributed by atoms with Crippen molar-refractivity contribution in [3.05, 3.63) is 59.7 Å². The molecule has 0 aliphatic rings. The van der Waals surface area contributed by atoms with Gasteiger partial charge >= 0.3 is 0 Å². The second-order valence-electron chi connectivity index (χ2n) is 5.30. The Morgan fingerprint density at radius 1 is 1.04 bits per heavy atom. The summed E-state index contributed by atoms with van der Waals surface area (Å²) in [7, 11) is 1.49. The van der Waals surface area contributed by atoms with Crippen molar-refractivity contribution in [3.8, 4) is 11.5 Å². The maximum atomic E-state index is 11.9. The van der Waals surface area contributed by atoms with E-state index in [9.17, 15) is 9.59 Å². The lowest BCUT2D eigenvalue weighted by molar-refractivity contribution is -0.123. The van der Waals surface area contributed by atoms with Crippen molar-refractivity contribution < 1.29 is 19.1 Å². The second kappa shape index (κ2) is 8.72. The first-order valence-corrected chi connectivity index (χ1v) is 7.72. The maximum absolute atomic E-state index is 11.9. The molecule has 0 unspecified atom stereocenters. The molecular weight excluding hydrogens is 306 g/mol. The Morgan fingerprint density at radius 2 is 1.79 bits per heavy atom. The number of carbonyl (C=O) groups is 2. The summed E-state index contributed by atoms with van der Waals surface area (Å²) in [5.74, 6) is 0.600. The van der Waals surface area contributed by atoms with Crippen molar-refractivity contribution in [2.45, 2.75) is 13.3 Å². The summed E-state index contributed by atoms with van der Waals surface area (Å²) in [6.45, 7) is 1.92. The molecule has 0 fully saturated rings. The fraction of sp³-hybridized carbons (Fsp3) is 0.263. The number of rotatable bonds is 8. The quantitative estimate of drug-likeness (QED) is 0.757. The minimum Gasteiger partial charge on any atom is -0.493 e. The third-order valence-electron chi connectivity index (χ3n) is 3.51. The Balaban J connectivity index is 1.82. The summed E-state index contributed by atoms with van der Waals surface area (Å²) < 4.78 is 10.7. The number of hydrogen-bond donors (Lipinski definition) is 1. The molecular formula is C19H21NO4. The van der Waals surface area contributed by atoms with Gasteiger partial charge in [-0.3, -0.25) is 9.59 Å². The lowest BCUT2D eigenvalue weighted by Crippen LogP contribution is -2.30. The van der Waals surface area contributed by atoms with E-state index in [0.29, 0.717) is 23.6 Å². The summed E-state index contributed by atoms with van der Waals surface area (Å²) in [5.41, 5.74) is 1.70.